The van der Waals surface area contributed by atoms with Crippen molar-refractivity contribution in [2.45, 2.75) is 53.3 Å². The van der Waals surface area contributed by atoms with Gasteiger partial charge in [0.25, 0.3) is 20.2 Å². The van der Waals surface area contributed by atoms with Gasteiger partial charge in [0.1, 0.15) is 9.79 Å². The van der Waals surface area contributed by atoms with Crippen LogP contribution in [0.2, 0.25) is 0 Å². The second-order valence-electron chi connectivity index (χ2n) is 8.42. The van der Waals surface area contributed by atoms with E-state index in [1.54, 1.807) is 0 Å². The summed E-state index contributed by atoms with van der Waals surface area (Å²) in [4.78, 5) is -7.15. The van der Waals surface area contributed by atoms with Crippen molar-refractivity contribution < 1.29 is 105 Å². The van der Waals surface area contributed by atoms with E-state index in [4.69, 9.17) is 9.11 Å². The maximum atomic E-state index is 14.0. The van der Waals surface area contributed by atoms with Crippen molar-refractivity contribution in [2.75, 3.05) is 0 Å². The lowest BCUT2D eigenvalue weighted by molar-refractivity contribution is -0.154. The molecule has 2 aromatic rings. The summed E-state index contributed by atoms with van der Waals surface area (Å²) in [6.45, 7) is 0. The molecule has 0 fully saturated rings. The molecule has 0 amide bonds. The van der Waals surface area contributed by atoms with Gasteiger partial charge in [-0.3, -0.25) is 9.11 Å². The summed E-state index contributed by atoms with van der Waals surface area (Å²) in [6.07, 6.45) is -43.9. The van der Waals surface area contributed by atoms with E-state index in [0.29, 0.717) is 0 Å². The minimum absolute atomic E-state index is 1.57. The van der Waals surface area contributed by atoms with Gasteiger partial charge >= 0.3 is 37.1 Å². The van der Waals surface area contributed by atoms with Crippen LogP contribution in [0.25, 0.3) is 0 Å². The summed E-state index contributed by atoms with van der Waals surface area (Å²) in [7, 11) is -14.2. The summed E-state index contributed by atoms with van der Waals surface area (Å²) in [5, 5.41) is 0. The van der Waals surface area contributed by atoms with Crippen molar-refractivity contribution in [3.63, 3.8) is 0 Å². The second kappa shape index (κ2) is 10.8. The van der Waals surface area contributed by atoms with E-state index >= 15 is 0 Å². The Labute approximate surface area is 235 Å². The van der Waals surface area contributed by atoms with Crippen LogP contribution >= 0.6 is 0 Å². The van der Waals surface area contributed by atoms with Gasteiger partial charge < -0.3 is 0 Å². The lowest BCUT2D eigenvalue weighted by Crippen LogP contribution is -2.28. The molecule has 2 aromatic carbocycles. The Balaban J connectivity index is 3.58. The van der Waals surface area contributed by atoms with Crippen LogP contribution in [0.3, 0.4) is 0 Å². The van der Waals surface area contributed by atoms with Crippen LogP contribution in [0.1, 0.15) is 44.5 Å². The molecule has 0 aliphatic carbocycles. The molecule has 0 saturated heterocycles. The monoisotopic (exact) mass is 736 g/mol. The number of rotatable bonds is 4. The molecule has 0 spiro atoms. The van der Waals surface area contributed by atoms with Gasteiger partial charge in [-0.05, 0) is 29.7 Å². The smallest absolute Gasteiger partial charge is 0.282 e. The molecular formula is C19H6F18O6S2. The molecule has 2 rings (SSSR count). The van der Waals surface area contributed by atoms with Gasteiger partial charge in [0.2, 0.25) is 0 Å². The predicted octanol–water partition coefficient (Wildman–Crippen LogP) is 7.88. The number of hydrogen-bond donors (Lipinski definition) is 2. The lowest BCUT2D eigenvalue weighted by Gasteiger charge is -2.27. The third-order valence-electron chi connectivity index (χ3n) is 5.43. The van der Waals surface area contributed by atoms with Crippen molar-refractivity contribution in [3.05, 3.63) is 56.6 Å². The Morgan fingerprint density at radius 3 is 0.800 bits per heavy atom. The average molecular weight is 736 g/mol. The van der Waals surface area contributed by atoms with Crippen molar-refractivity contribution in [1.29, 1.82) is 0 Å². The van der Waals surface area contributed by atoms with Crippen LogP contribution in [0, 0.1) is 0 Å². The minimum atomic E-state index is -7.08. The molecule has 0 heterocycles. The maximum Gasteiger partial charge on any atom is 0.418 e. The zero-order valence-corrected chi connectivity index (χ0v) is 21.6. The van der Waals surface area contributed by atoms with Crippen molar-refractivity contribution in [1.82, 2.24) is 0 Å². The summed E-state index contributed by atoms with van der Waals surface area (Å²) in [5.41, 5.74) is -28.2. The fourth-order valence-corrected chi connectivity index (χ4v) is 5.91. The minimum Gasteiger partial charge on any atom is -0.282 e. The molecule has 6 nitrogen and oxygen atoms in total. The third kappa shape index (κ3) is 7.87. The molecule has 2 N–H and O–H groups in total. The highest BCUT2D eigenvalue weighted by atomic mass is 32.2. The summed E-state index contributed by atoms with van der Waals surface area (Å²) in [6, 6.07) is -3.13. The van der Waals surface area contributed by atoms with E-state index < -0.39 is 130 Å². The van der Waals surface area contributed by atoms with Crippen molar-refractivity contribution >= 4 is 20.2 Å². The molecule has 0 saturated carbocycles. The van der Waals surface area contributed by atoms with Gasteiger partial charge in [-0.25, -0.2) is 0 Å². The molecular weight excluding hydrogens is 730 g/mol. The largest absolute Gasteiger partial charge is 0.418 e. The van der Waals surface area contributed by atoms with E-state index in [-0.39, 0.29) is 0 Å². The first-order chi connectivity index (χ1) is 19.4. The first-order valence-corrected chi connectivity index (χ1v) is 13.1. The van der Waals surface area contributed by atoms with Gasteiger partial charge in [0.15, 0.2) is 0 Å². The fraction of sp³-hybridized carbons (Fsp3) is 0.368. The van der Waals surface area contributed by atoms with E-state index in [0.717, 1.165) is 0 Å². The molecule has 0 unspecified atom stereocenters. The first kappa shape index (κ1) is 38.2. The van der Waals surface area contributed by atoms with Crippen LogP contribution < -0.4 is 0 Å². The lowest BCUT2D eigenvalue weighted by atomic mass is 9.86. The molecule has 0 aliphatic heterocycles. The Hall–Kier alpha value is -3.00. The number of benzene rings is 2. The van der Waals surface area contributed by atoms with Crippen molar-refractivity contribution in [2.24, 2.45) is 0 Å². The summed E-state index contributed by atoms with van der Waals surface area (Å²) >= 11 is 0. The molecule has 26 heteroatoms. The number of alkyl halides is 18. The normalized spacial score (nSPS) is 14.7. The molecule has 256 valence electrons. The van der Waals surface area contributed by atoms with Crippen molar-refractivity contribution in [3.8, 4) is 0 Å². The van der Waals surface area contributed by atoms with Gasteiger partial charge in [0.05, 0.1) is 33.4 Å². The van der Waals surface area contributed by atoms with E-state index in [9.17, 15) is 95.9 Å². The van der Waals surface area contributed by atoms with Crippen LogP contribution in [0.5, 0.6) is 0 Å². The van der Waals surface area contributed by atoms with Gasteiger partial charge in [0, 0.05) is 0 Å². The third-order valence-corrected chi connectivity index (χ3v) is 7.31. The highest BCUT2D eigenvalue weighted by molar-refractivity contribution is 7.86. The number of hydrogen-bond acceptors (Lipinski definition) is 4. The van der Waals surface area contributed by atoms with Gasteiger partial charge in [-0.15, -0.1) is 0 Å². The highest BCUT2D eigenvalue weighted by Crippen LogP contribution is 2.52. The van der Waals surface area contributed by atoms with Crippen LogP contribution in [-0.2, 0) is 63.7 Å². The van der Waals surface area contributed by atoms with Gasteiger partial charge in [-0.1, -0.05) is 0 Å². The van der Waals surface area contributed by atoms with Crippen LogP contribution in [0.4, 0.5) is 79.0 Å². The Morgan fingerprint density at radius 2 is 0.644 bits per heavy atom. The topological polar surface area (TPSA) is 109 Å². The van der Waals surface area contributed by atoms with Gasteiger partial charge in [-0.2, -0.15) is 95.9 Å². The average Bonchev–Trinajstić information content (AvgIpc) is 2.71. The predicted molar refractivity (Wildman–Crippen MR) is 105 cm³/mol. The summed E-state index contributed by atoms with van der Waals surface area (Å²) in [5.74, 6) is 0. The molecule has 0 aliphatic rings. The standard InChI is InChI=1S/C19H6F18O6S2/c20-14(21,22)6-2-8(16(26,27)28)12(44(38,39)40)10(18(32,33)34)4(6)1-5-7(15(23,24)25)3-9(17(29,30)31)13(45(41,42)43)11(5)19(35,36)37/h2-3H,1H2,(H,38,39,40)(H,41,42,43). The second-order valence-corrected chi connectivity index (χ2v) is 11.1. The molecule has 0 atom stereocenters. The first-order valence-electron chi connectivity index (χ1n) is 10.2. The number of halogens is 18. The highest BCUT2D eigenvalue weighted by Gasteiger charge is 2.54. The molecule has 0 bridgehead atoms. The Morgan fingerprint density at radius 1 is 0.422 bits per heavy atom. The zero-order chi connectivity index (χ0) is 35.9. The maximum absolute atomic E-state index is 14.0. The summed E-state index contributed by atoms with van der Waals surface area (Å²) < 4.78 is 312. The van der Waals surface area contributed by atoms with Crippen LogP contribution in [0.15, 0.2) is 21.9 Å². The van der Waals surface area contributed by atoms with E-state index in [2.05, 4.69) is 0 Å². The molecule has 45 heavy (non-hydrogen) atoms. The Bertz CT molecular complexity index is 1590. The fourth-order valence-electron chi connectivity index (χ4n) is 4.01. The quantitative estimate of drug-likeness (QED) is 0.244. The van der Waals surface area contributed by atoms with E-state index in [1.807, 2.05) is 0 Å². The van der Waals surface area contributed by atoms with E-state index in [1.165, 1.54) is 0 Å². The molecule has 0 radical (unpaired) electrons. The zero-order valence-electron chi connectivity index (χ0n) is 20.0. The Kier molecular flexibility index (Phi) is 9.15. The van der Waals surface area contributed by atoms with Crippen LogP contribution in [-0.4, -0.2) is 25.9 Å². The molecule has 0 aromatic heterocycles. The SMILES string of the molecule is O=S(=O)(O)c1c(C(F)(F)F)cc(C(F)(F)F)c(Cc2c(C(F)(F)F)cc(C(F)(F)F)c(S(=O)(=O)O)c2C(F)(F)F)c1C(F)(F)F.